The number of ether oxygens (including phenoxy) is 2. The first-order valence-electron chi connectivity index (χ1n) is 7.16. The van der Waals surface area contributed by atoms with E-state index in [4.69, 9.17) is 9.47 Å². The third-order valence-corrected chi connectivity index (χ3v) is 4.00. The molecular weight excluding hydrogens is 330 g/mol. The lowest BCUT2D eigenvalue weighted by molar-refractivity contribution is -0.147. The van der Waals surface area contributed by atoms with Gasteiger partial charge in [-0.05, 0) is 24.4 Å². The molecule has 1 N–H and O–H groups in total. The standard InChI is InChI=1S/C17H17NO5S/c1-11-5-6-13(22-2)12(8-11)9-16(20)23-10-15(19)18-17(21)14-4-3-7-24-14/h3-8H,9-10H2,1-2H3,(H,18,19,21). The van der Waals surface area contributed by atoms with E-state index in [1.165, 1.54) is 18.4 Å². The Morgan fingerprint density at radius 2 is 2.00 bits per heavy atom. The van der Waals surface area contributed by atoms with Gasteiger partial charge in [-0.15, -0.1) is 11.3 Å². The number of rotatable bonds is 6. The normalized spacial score (nSPS) is 10.1. The van der Waals surface area contributed by atoms with Crippen molar-refractivity contribution in [3.05, 3.63) is 51.7 Å². The summed E-state index contributed by atoms with van der Waals surface area (Å²) in [6, 6.07) is 8.77. The van der Waals surface area contributed by atoms with Crippen LogP contribution in [0, 0.1) is 6.92 Å². The molecule has 0 aliphatic heterocycles. The van der Waals surface area contributed by atoms with E-state index in [0.717, 1.165) is 5.56 Å². The summed E-state index contributed by atoms with van der Waals surface area (Å²) in [4.78, 5) is 35.6. The van der Waals surface area contributed by atoms with Crippen LogP contribution in [0.2, 0.25) is 0 Å². The molecular formula is C17H17NO5S. The zero-order valence-corrected chi connectivity index (χ0v) is 14.1. The van der Waals surface area contributed by atoms with E-state index in [2.05, 4.69) is 5.32 Å². The second-order valence-electron chi connectivity index (χ2n) is 5.01. The second-order valence-corrected chi connectivity index (χ2v) is 5.96. The van der Waals surface area contributed by atoms with Crippen LogP contribution in [0.4, 0.5) is 0 Å². The lowest BCUT2D eigenvalue weighted by atomic mass is 10.1. The predicted molar refractivity (Wildman–Crippen MR) is 89.2 cm³/mol. The molecule has 1 aromatic carbocycles. The van der Waals surface area contributed by atoms with Crippen molar-refractivity contribution in [2.24, 2.45) is 0 Å². The van der Waals surface area contributed by atoms with E-state index in [1.54, 1.807) is 23.6 Å². The topological polar surface area (TPSA) is 81.7 Å². The Morgan fingerprint density at radius 1 is 1.21 bits per heavy atom. The van der Waals surface area contributed by atoms with Crippen molar-refractivity contribution in [1.82, 2.24) is 5.32 Å². The molecule has 2 rings (SSSR count). The van der Waals surface area contributed by atoms with Gasteiger partial charge in [0, 0.05) is 5.56 Å². The van der Waals surface area contributed by atoms with Gasteiger partial charge in [-0.2, -0.15) is 0 Å². The van der Waals surface area contributed by atoms with Gasteiger partial charge in [0.1, 0.15) is 5.75 Å². The number of hydrogen-bond donors (Lipinski definition) is 1. The maximum absolute atomic E-state index is 11.9. The highest BCUT2D eigenvalue weighted by Gasteiger charge is 2.15. The van der Waals surface area contributed by atoms with Crippen molar-refractivity contribution >= 4 is 29.1 Å². The van der Waals surface area contributed by atoms with Gasteiger partial charge in [-0.3, -0.25) is 19.7 Å². The van der Waals surface area contributed by atoms with E-state index in [-0.39, 0.29) is 6.42 Å². The summed E-state index contributed by atoms with van der Waals surface area (Å²) >= 11 is 1.22. The molecule has 0 unspecified atom stereocenters. The molecule has 0 bridgehead atoms. The fraction of sp³-hybridized carbons (Fsp3) is 0.235. The number of aryl methyl sites for hydroxylation is 1. The van der Waals surface area contributed by atoms with Crippen LogP contribution in [-0.4, -0.2) is 31.5 Å². The number of amides is 2. The van der Waals surface area contributed by atoms with Gasteiger partial charge in [0.25, 0.3) is 11.8 Å². The highest BCUT2D eigenvalue weighted by Crippen LogP contribution is 2.20. The number of imide groups is 1. The maximum atomic E-state index is 11.9. The van der Waals surface area contributed by atoms with Crippen LogP contribution in [0.5, 0.6) is 5.75 Å². The van der Waals surface area contributed by atoms with E-state index in [1.807, 2.05) is 19.1 Å². The summed E-state index contributed by atoms with van der Waals surface area (Å²) in [7, 11) is 1.52. The van der Waals surface area contributed by atoms with Gasteiger partial charge in [0.2, 0.25) is 0 Å². The van der Waals surface area contributed by atoms with Gasteiger partial charge >= 0.3 is 5.97 Å². The second kappa shape index (κ2) is 8.26. The molecule has 6 nitrogen and oxygen atoms in total. The zero-order valence-electron chi connectivity index (χ0n) is 13.3. The minimum Gasteiger partial charge on any atom is -0.496 e. The summed E-state index contributed by atoms with van der Waals surface area (Å²) < 4.78 is 10.1. The smallest absolute Gasteiger partial charge is 0.310 e. The molecule has 0 saturated heterocycles. The van der Waals surface area contributed by atoms with Crippen molar-refractivity contribution in [1.29, 1.82) is 0 Å². The van der Waals surface area contributed by atoms with E-state index < -0.39 is 24.4 Å². The third kappa shape index (κ3) is 4.92. The van der Waals surface area contributed by atoms with Crippen molar-refractivity contribution in [3.63, 3.8) is 0 Å². The highest BCUT2D eigenvalue weighted by atomic mass is 32.1. The Kier molecular flexibility index (Phi) is 6.08. The molecule has 0 spiro atoms. The molecule has 0 aliphatic carbocycles. The van der Waals surface area contributed by atoms with Gasteiger partial charge in [-0.25, -0.2) is 0 Å². The molecule has 2 amide bonds. The van der Waals surface area contributed by atoms with Gasteiger partial charge in [0.05, 0.1) is 18.4 Å². The summed E-state index contributed by atoms with van der Waals surface area (Å²) in [5, 5.41) is 3.89. The van der Waals surface area contributed by atoms with Crippen molar-refractivity contribution < 1.29 is 23.9 Å². The number of thiophene rings is 1. The number of methoxy groups -OCH3 is 1. The lowest BCUT2D eigenvalue weighted by Crippen LogP contribution is -2.33. The van der Waals surface area contributed by atoms with E-state index >= 15 is 0 Å². The molecule has 0 aliphatic rings. The molecule has 1 aromatic heterocycles. The van der Waals surface area contributed by atoms with E-state index in [9.17, 15) is 14.4 Å². The average Bonchev–Trinajstić information content (AvgIpc) is 3.08. The molecule has 24 heavy (non-hydrogen) atoms. The van der Waals surface area contributed by atoms with E-state index in [0.29, 0.717) is 16.2 Å². The fourth-order valence-corrected chi connectivity index (χ4v) is 2.65. The minimum atomic E-state index is -0.669. The first-order valence-corrected chi connectivity index (χ1v) is 8.04. The highest BCUT2D eigenvalue weighted by molar-refractivity contribution is 7.12. The largest absolute Gasteiger partial charge is 0.496 e. The Hall–Kier alpha value is -2.67. The molecule has 1 heterocycles. The maximum Gasteiger partial charge on any atom is 0.310 e. The number of nitrogens with one attached hydrogen (secondary N) is 1. The van der Waals surface area contributed by atoms with Crippen LogP contribution in [0.25, 0.3) is 0 Å². The minimum absolute atomic E-state index is 0.0169. The number of esters is 1. The molecule has 0 saturated carbocycles. The summed E-state index contributed by atoms with van der Waals surface area (Å²) in [5.41, 5.74) is 1.66. The molecule has 0 atom stereocenters. The number of hydrogen-bond acceptors (Lipinski definition) is 6. The van der Waals surface area contributed by atoms with Gasteiger partial charge in [0.15, 0.2) is 6.61 Å². The molecule has 0 radical (unpaired) electrons. The number of benzene rings is 1. The number of carbonyl (C=O) groups excluding carboxylic acids is 3. The van der Waals surface area contributed by atoms with Crippen molar-refractivity contribution in [2.45, 2.75) is 13.3 Å². The molecule has 0 fully saturated rings. The monoisotopic (exact) mass is 347 g/mol. The van der Waals surface area contributed by atoms with Gasteiger partial charge in [-0.1, -0.05) is 23.8 Å². The Bertz CT molecular complexity index is 739. The van der Waals surface area contributed by atoms with Crippen LogP contribution in [0.15, 0.2) is 35.7 Å². The summed E-state index contributed by atoms with van der Waals surface area (Å²) in [5.74, 6) is -1.17. The van der Waals surface area contributed by atoms with Crippen molar-refractivity contribution in [2.75, 3.05) is 13.7 Å². The van der Waals surface area contributed by atoms with Crippen LogP contribution in [0.1, 0.15) is 20.8 Å². The zero-order chi connectivity index (χ0) is 17.5. The fourth-order valence-electron chi connectivity index (χ4n) is 2.03. The molecule has 2 aromatic rings. The molecule has 126 valence electrons. The third-order valence-electron chi connectivity index (χ3n) is 3.13. The first-order chi connectivity index (χ1) is 11.5. The summed E-state index contributed by atoms with van der Waals surface area (Å²) in [6.07, 6.45) is -0.0169. The Labute approximate surface area is 143 Å². The van der Waals surface area contributed by atoms with Crippen LogP contribution in [0.3, 0.4) is 0 Å². The average molecular weight is 347 g/mol. The number of carbonyl (C=O) groups is 3. The van der Waals surface area contributed by atoms with Gasteiger partial charge < -0.3 is 9.47 Å². The van der Waals surface area contributed by atoms with Crippen LogP contribution >= 0.6 is 11.3 Å². The Balaban J connectivity index is 1.84. The predicted octanol–water partition coefficient (Wildman–Crippen LogP) is 2.11. The van der Waals surface area contributed by atoms with Crippen LogP contribution < -0.4 is 10.1 Å². The molecule has 7 heteroatoms. The van der Waals surface area contributed by atoms with Crippen LogP contribution in [-0.2, 0) is 20.7 Å². The SMILES string of the molecule is COc1ccc(C)cc1CC(=O)OCC(=O)NC(=O)c1cccs1. The quantitative estimate of drug-likeness (QED) is 0.810. The first kappa shape index (κ1) is 17.7. The van der Waals surface area contributed by atoms with Crippen molar-refractivity contribution in [3.8, 4) is 5.75 Å². The Morgan fingerprint density at radius 3 is 2.67 bits per heavy atom. The lowest BCUT2D eigenvalue weighted by Gasteiger charge is -2.09. The summed E-state index contributed by atoms with van der Waals surface area (Å²) in [6.45, 7) is 1.39.